The first kappa shape index (κ1) is 19.8. The number of hydrogen-bond donors (Lipinski definition) is 0. The number of rotatable bonds is 3. The molecule has 2 bridgehead atoms. The summed E-state index contributed by atoms with van der Waals surface area (Å²) in [7, 11) is -3.19. The highest BCUT2D eigenvalue weighted by atomic mass is 32.2. The van der Waals surface area contributed by atoms with E-state index in [1.165, 1.54) is 23.6 Å². The number of piperidine rings is 2. The van der Waals surface area contributed by atoms with Crippen LogP contribution in [0.4, 0.5) is 8.78 Å². The van der Waals surface area contributed by atoms with E-state index in [0.29, 0.717) is 24.1 Å². The highest BCUT2D eigenvalue weighted by Gasteiger charge is 2.51. The summed E-state index contributed by atoms with van der Waals surface area (Å²) < 4.78 is 65.8. The molecule has 1 saturated carbocycles. The molecule has 6 nitrogen and oxygen atoms in total. The Hall–Kier alpha value is -2.81. The maximum Gasteiger partial charge on any atom is 0.586 e. The van der Waals surface area contributed by atoms with Gasteiger partial charge in [-0.05, 0) is 55.5 Å². The summed E-state index contributed by atoms with van der Waals surface area (Å²) in [6.07, 6.45) is 0.281. The number of ether oxygens (including phenoxy) is 3. The van der Waals surface area contributed by atoms with E-state index in [1.54, 1.807) is 0 Å². The zero-order valence-corrected chi connectivity index (χ0v) is 17.9. The normalized spacial score (nSPS) is 28.8. The third-order valence-corrected chi connectivity index (χ3v) is 8.31. The van der Waals surface area contributed by atoms with Crippen molar-refractivity contribution in [2.75, 3.05) is 12.3 Å². The summed E-state index contributed by atoms with van der Waals surface area (Å²) in [6.45, 7) is 0.560. The van der Waals surface area contributed by atoms with Crippen LogP contribution in [0.15, 0.2) is 53.6 Å². The van der Waals surface area contributed by atoms with Crippen LogP contribution in [0.5, 0.6) is 23.0 Å². The predicted octanol–water partition coefficient (Wildman–Crippen LogP) is 4.57. The summed E-state index contributed by atoms with van der Waals surface area (Å²) in [6, 6.07) is 12.3. The number of alkyl halides is 2. The number of allylic oxidation sites excluding steroid dienone is 1. The van der Waals surface area contributed by atoms with Crippen LogP contribution in [0.1, 0.15) is 31.2 Å². The number of nitrogens with zero attached hydrogens (tertiary/aromatic N) is 1. The van der Waals surface area contributed by atoms with Gasteiger partial charge in [-0.15, -0.1) is 8.78 Å². The van der Waals surface area contributed by atoms with E-state index in [0.717, 1.165) is 36.9 Å². The molecule has 0 spiro atoms. The molecule has 0 unspecified atom stereocenters. The summed E-state index contributed by atoms with van der Waals surface area (Å²) >= 11 is 0. The largest absolute Gasteiger partial charge is 0.586 e. The molecule has 3 fully saturated rings. The van der Waals surface area contributed by atoms with Gasteiger partial charge in [0.25, 0.3) is 0 Å². The lowest BCUT2D eigenvalue weighted by atomic mass is 9.62. The first-order valence-electron chi connectivity index (χ1n) is 10.6. The molecule has 5 aliphatic rings. The van der Waals surface area contributed by atoms with E-state index in [9.17, 15) is 17.2 Å². The van der Waals surface area contributed by atoms with Crippen molar-refractivity contribution in [3.8, 4) is 23.0 Å². The average molecular weight is 461 g/mol. The molecule has 4 aliphatic heterocycles. The maximum absolute atomic E-state index is 13.2. The van der Waals surface area contributed by atoms with Crippen molar-refractivity contribution in [3.63, 3.8) is 0 Å². The lowest BCUT2D eigenvalue weighted by Gasteiger charge is -2.57. The molecule has 32 heavy (non-hydrogen) atoms. The Morgan fingerprint density at radius 2 is 1.66 bits per heavy atom. The monoisotopic (exact) mass is 461 g/mol. The van der Waals surface area contributed by atoms with E-state index < -0.39 is 16.1 Å². The highest BCUT2D eigenvalue weighted by Crippen LogP contribution is 2.54. The predicted molar refractivity (Wildman–Crippen MR) is 112 cm³/mol. The molecule has 2 saturated heterocycles. The molecule has 2 aromatic carbocycles. The van der Waals surface area contributed by atoms with E-state index >= 15 is 0 Å². The molecular weight excluding hydrogens is 440 g/mol. The van der Waals surface area contributed by atoms with Gasteiger partial charge in [0.05, 0.1) is 11.2 Å². The molecule has 0 radical (unpaired) electrons. The highest BCUT2D eigenvalue weighted by molar-refractivity contribution is 7.94. The van der Waals surface area contributed by atoms with Gasteiger partial charge >= 0.3 is 6.29 Å². The minimum atomic E-state index is -3.67. The number of hydrogen-bond acceptors (Lipinski definition) is 6. The van der Waals surface area contributed by atoms with E-state index in [2.05, 4.69) is 14.4 Å². The zero-order valence-electron chi connectivity index (χ0n) is 17.1. The van der Waals surface area contributed by atoms with Crippen molar-refractivity contribution >= 4 is 9.84 Å². The van der Waals surface area contributed by atoms with Crippen LogP contribution < -0.4 is 14.2 Å². The molecule has 168 valence electrons. The second-order valence-corrected chi connectivity index (χ2v) is 10.7. The summed E-state index contributed by atoms with van der Waals surface area (Å²) in [5.74, 6) is 0.957. The third kappa shape index (κ3) is 3.13. The van der Waals surface area contributed by atoms with E-state index in [-0.39, 0.29) is 22.7 Å². The van der Waals surface area contributed by atoms with Crippen LogP contribution in [-0.4, -0.2) is 38.0 Å². The first-order valence-corrected chi connectivity index (χ1v) is 12.3. The molecular formula is C23H21F2NO5S. The van der Waals surface area contributed by atoms with E-state index in [4.69, 9.17) is 4.74 Å². The standard InChI is InChI=1S/C23H21F2NO5S/c24-23(25)30-19-6-5-18(13-20(19)31-23)29-17-3-1-15(2-4-17)22-9-7-16(8-10-22)26-11-12-32(27,28)14-21(22)26/h1-6,13-14,16H,7-12H2. The number of halogens is 2. The lowest BCUT2D eigenvalue weighted by Crippen LogP contribution is -2.56. The number of sulfone groups is 1. The van der Waals surface area contributed by atoms with E-state index in [1.807, 2.05) is 24.3 Å². The SMILES string of the molecule is O=S1(=O)C=C2N(CC1)C1CCC2(c2ccc(Oc3ccc4c(c3)OC(F)(F)O4)cc2)CC1. The second-order valence-electron chi connectivity index (χ2n) is 8.78. The van der Waals surface area contributed by atoms with Gasteiger partial charge in [-0.1, -0.05) is 12.1 Å². The average Bonchev–Trinajstić information content (AvgIpc) is 3.07. The molecule has 0 amide bonds. The summed E-state index contributed by atoms with van der Waals surface area (Å²) in [5.41, 5.74) is 1.70. The Balaban J connectivity index is 1.28. The third-order valence-electron chi connectivity index (χ3n) is 6.97. The van der Waals surface area contributed by atoms with Crippen LogP contribution in [0, 0.1) is 0 Å². The smallest absolute Gasteiger partial charge is 0.457 e. The first-order chi connectivity index (χ1) is 15.2. The Morgan fingerprint density at radius 1 is 0.969 bits per heavy atom. The van der Waals surface area contributed by atoms with Gasteiger partial charge in [0.2, 0.25) is 0 Å². The van der Waals surface area contributed by atoms with Gasteiger partial charge in [0, 0.05) is 29.8 Å². The van der Waals surface area contributed by atoms with Gasteiger partial charge in [-0.2, -0.15) is 0 Å². The molecule has 4 heterocycles. The molecule has 0 aromatic heterocycles. The summed E-state index contributed by atoms with van der Waals surface area (Å²) in [4.78, 5) is 2.29. The minimum absolute atomic E-state index is 0.0371. The Morgan fingerprint density at radius 3 is 2.41 bits per heavy atom. The number of benzene rings is 2. The fraction of sp³-hybridized carbons (Fsp3) is 0.391. The van der Waals surface area contributed by atoms with Crippen molar-refractivity contribution in [3.05, 3.63) is 59.1 Å². The maximum atomic E-state index is 13.2. The molecule has 1 aliphatic carbocycles. The topological polar surface area (TPSA) is 65.1 Å². The Bertz CT molecular complexity index is 1220. The Kier molecular flexibility index (Phi) is 4.09. The molecule has 0 atom stereocenters. The van der Waals surface area contributed by atoms with Crippen molar-refractivity contribution < 1.29 is 31.4 Å². The van der Waals surface area contributed by atoms with Gasteiger partial charge in [0.1, 0.15) is 11.5 Å². The van der Waals surface area contributed by atoms with Crippen molar-refractivity contribution in [1.29, 1.82) is 0 Å². The zero-order chi connectivity index (χ0) is 22.1. The molecule has 9 heteroatoms. The van der Waals surface area contributed by atoms with Crippen molar-refractivity contribution in [2.45, 2.75) is 43.4 Å². The van der Waals surface area contributed by atoms with Crippen LogP contribution in [0.2, 0.25) is 0 Å². The van der Waals surface area contributed by atoms with Crippen LogP contribution >= 0.6 is 0 Å². The lowest BCUT2D eigenvalue weighted by molar-refractivity contribution is -0.286. The van der Waals surface area contributed by atoms with Crippen LogP contribution in [-0.2, 0) is 15.3 Å². The van der Waals surface area contributed by atoms with Gasteiger partial charge in [-0.3, -0.25) is 0 Å². The minimum Gasteiger partial charge on any atom is -0.457 e. The van der Waals surface area contributed by atoms with Crippen LogP contribution in [0.25, 0.3) is 0 Å². The number of fused-ring (bicyclic) bond motifs is 3. The fourth-order valence-electron chi connectivity index (χ4n) is 5.48. The molecule has 2 aromatic rings. The second kappa shape index (κ2) is 6.60. The molecule has 7 rings (SSSR count). The molecule has 0 N–H and O–H groups in total. The van der Waals surface area contributed by atoms with Gasteiger partial charge in [0.15, 0.2) is 21.3 Å². The van der Waals surface area contributed by atoms with Gasteiger partial charge in [-0.25, -0.2) is 8.42 Å². The van der Waals surface area contributed by atoms with Gasteiger partial charge < -0.3 is 19.1 Å². The van der Waals surface area contributed by atoms with Crippen molar-refractivity contribution in [1.82, 2.24) is 4.90 Å². The summed E-state index contributed by atoms with van der Waals surface area (Å²) in [5, 5.41) is 1.49. The fourth-order valence-corrected chi connectivity index (χ4v) is 6.75. The van der Waals surface area contributed by atoms with Crippen LogP contribution in [0.3, 0.4) is 0 Å². The Labute approximate surface area is 184 Å². The quantitative estimate of drug-likeness (QED) is 0.668. The van der Waals surface area contributed by atoms with Crippen molar-refractivity contribution in [2.24, 2.45) is 0 Å².